The Hall–Kier alpha value is -8.74. The molecule has 73 heavy (non-hydrogen) atoms. The summed E-state index contributed by atoms with van der Waals surface area (Å²) >= 11 is 0. The normalized spacial score (nSPS) is 13.5. The minimum atomic E-state index is -0.773. The number of hydrogen-bond donors (Lipinski definition) is 0. The van der Waals surface area contributed by atoms with Crippen molar-refractivity contribution in [2.75, 3.05) is 0 Å². The highest BCUT2D eigenvalue weighted by Crippen LogP contribution is 2.59. The molecule has 17 rings (SSSR count). The van der Waals surface area contributed by atoms with Crippen LogP contribution in [-0.2, 0) is 5.41 Å². The average molecular weight is 939 g/mol. The zero-order valence-corrected chi connectivity index (χ0v) is 41.9. The molecule has 6 aromatic heterocycles. The van der Waals surface area contributed by atoms with Gasteiger partial charge in [0.15, 0.2) is 0 Å². The van der Waals surface area contributed by atoms with Crippen LogP contribution in [0, 0.1) is 41.5 Å². The topological polar surface area (TPSA) is 77.3 Å². The number of fused-ring (bicyclic) bond motifs is 3. The summed E-state index contributed by atoms with van der Waals surface area (Å²) in [4.78, 5) is 31.9. The SMILES string of the molecule is Cc1cc2c(C)cc1-c1ccc3ccc4c(C)cc(nc4c3n1)C(C)c1cc(C)c3ccc4ccc(nc4c3n1)-c1cc(C)c(cc1C)C21c2cc(-c3ccccn3)ccc2-c2ccc(-c3ccccn3)cc21. The Morgan fingerprint density at radius 1 is 0.342 bits per heavy atom. The number of benzene rings is 6. The van der Waals surface area contributed by atoms with Crippen molar-refractivity contribution in [1.29, 1.82) is 0 Å². The van der Waals surface area contributed by atoms with Gasteiger partial charge in [-0.25, -0.2) is 19.9 Å². The van der Waals surface area contributed by atoms with Crippen molar-refractivity contribution < 1.29 is 0 Å². The third-order valence-electron chi connectivity index (χ3n) is 16.2. The van der Waals surface area contributed by atoms with Crippen molar-refractivity contribution in [3.63, 3.8) is 0 Å². The lowest BCUT2D eigenvalue weighted by molar-refractivity contribution is 0.752. The van der Waals surface area contributed by atoms with Gasteiger partial charge in [-0.2, -0.15) is 0 Å². The van der Waals surface area contributed by atoms with Crippen molar-refractivity contribution >= 4 is 43.6 Å². The predicted octanol–water partition coefficient (Wildman–Crippen LogP) is 16.0. The first-order valence-electron chi connectivity index (χ1n) is 25.3. The summed E-state index contributed by atoms with van der Waals surface area (Å²) in [6, 6.07) is 57.9. The van der Waals surface area contributed by atoms with E-state index in [9.17, 15) is 0 Å². The molecule has 1 spiro atoms. The van der Waals surface area contributed by atoms with E-state index >= 15 is 0 Å². The Kier molecular flexibility index (Phi) is 9.37. The van der Waals surface area contributed by atoms with E-state index in [1.807, 2.05) is 24.5 Å². The first-order chi connectivity index (χ1) is 35.5. The molecular weight excluding hydrogens is 889 g/mol. The smallest absolute Gasteiger partial charge is 0.0972 e. The summed E-state index contributed by atoms with van der Waals surface area (Å²) in [6.45, 7) is 15.7. The molecule has 0 amide bonds. The van der Waals surface area contributed by atoms with Crippen LogP contribution in [0.4, 0.5) is 0 Å². The molecule has 6 aromatic carbocycles. The van der Waals surface area contributed by atoms with Crippen LogP contribution in [0.2, 0.25) is 0 Å². The van der Waals surface area contributed by atoms with Gasteiger partial charge in [-0.3, -0.25) is 9.97 Å². The van der Waals surface area contributed by atoms with E-state index in [4.69, 9.17) is 29.9 Å². The maximum absolute atomic E-state index is 5.57. The number of nitrogens with zero attached hydrogens (tertiary/aromatic N) is 6. The van der Waals surface area contributed by atoms with E-state index in [1.165, 1.54) is 44.5 Å². The lowest BCUT2D eigenvalue weighted by Gasteiger charge is -2.37. The molecule has 0 N–H and O–H groups in total. The van der Waals surface area contributed by atoms with Crippen molar-refractivity contribution in [3.8, 4) is 56.2 Å². The standard InChI is InChI=1S/C67H50N6/c1-36-30-53-40(5)28-51(36)59-24-18-43-14-20-47-38(3)32-61(72-65(47)63(43)70-59)42(7)62-33-39(4)48-21-15-44-19-25-60(71-64(44)66(48)73-62)52-29-41(6)54(31-37(52)2)67(53)55-34-45(57-12-8-10-26-68-57)16-22-49(55)50-23-17-46(35-56(50)67)58-13-9-11-27-69-58/h8-35,42H,1-7H3. The molecule has 0 atom stereocenters. The minimum absolute atomic E-state index is 0.0888. The molecule has 1 aliphatic carbocycles. The van der Waals surface area contributed by atoms with Crippen molar-refractivity contribution in [2.24, 2.45) is 0 Å². The zero-order valence-electron chi connectivity index (χ0n) is 41.9. The molecule has 0 fully saturated rings. The highest BCUT2D eigenvalue weighted by molar-refractivity contribution is 6.06. The van der Waals surface area contributed by atoms with Gasteiger partial charge in [0.05, 0.1) is 61.6 Å². The molecule has 5 aliphatic rings. The molecular formula is C67H50N6. The van der Waals surface area contributed by atoms with Crippen LogP contribution in [0.5, 0.6) is 0 Å². The number of pyridine rings is 6. The van der Waals surface area contributed by atoms with Gasteiger partial charge in [-0.15, -0.1) is 0 Å². The fourth-order valence-corrected chi connectivity index (χ4v) is 12.5. The van der Waals surface area contributed by atoms with Gasteiger partial charge in [0.1, 0.15) is 0 Å². The van der Waals surface area contributed by atoms with Crippen LogP contribution < -0.4 is 0 Å². The molecule has 0 saturated carbocycles. The second-order valence-electron chi connectivity index (χ2n) is 20.6. The van der Waals surface area contributed by atoms with E-state index in [0.717, 1.165) is 122 Å². The predicted molar refractivity (Wildman–Crippen MR) is 298 cm³/mol. The van der Waals surface area contributed by atoms with E-state index in [0.29, 0.717) is 0 Å². The molecule has 6 nitrogen and oxygen atoms in total. The van der Waals surface area contributed by atoms with E-state index in [2.05, 4.69) is 194 Å². The van der Waals surface area contributed by atoms with Gasteiger partial charge in [0.25, 0.3) is 0 Å². The lowest BCUT2D eigenvalue weighted by atomic mass is 9.64. The Morgan fingerprint density at radius 2 is 0.795 bits per heavy atom. The molecule has 0 unspecified atom stereocenters. The van der Waals surface area contributed by atoms with Crippen LogP contribution in [0.1, 0.15) is 79.9 Å². The Labute approximate surface area is 424 Å². The summed E-state index contributed by atoms with van der Waals surface area (Å²) in [6.07, 6.45) is 3.77. The third-order valence-corrected chi connectivity index (χ3v) is 16.2. The minimum Gasteiger partial charge on any atom is -0.256 e. The summed E-state index contributed by atoms with van der Waals surface area (Å²) in [5, 5.41) is 4.31. The molecule has 10 heterocycles. The van der Waals surface area contributed by atoms with Crippen LogP contribution in [0.25, 0.3) is 99.8 Å². The molecule has 6 heteroatoms. The van der Waals surface area contributed by atoms with Gasteiger partial charge in [0, 0.05) is 62.1 Å². The zero-order chi connectivity index (χ0) is 49.4. The molecule has 348 valence electrons. The fraction of sp³-hybridized carbons (Fsp3) is 0.134. The van der Waals surface area contributed by atoms with Gasteiger partial charge < -0.3 is 0 Å². The maximum atomic E-state index is 5.57. The third kappa shape index (κ3) is 6.36. The van der Waals surface area contributed by atoms with Crippen LogP contribution >= 0.6 is 0 Å². The first-order valence-corrected chi connectivity index (χ1v) is 25.3. The van der Waals surface area contributed by atoms with Gasteiger partial charge >= 0.3 is 0 Å². The highest BCUT2D eigenvalue weighted by atomic mass is 14.8. The van der Waals surface area contributed by atoms with E-state index in [1.54, 1.807) is 0 Å². The molecule has 12 aromatic rings. The van der Waals surface area contributed by atoms with Crippen molar-refractivity contribution in [1.82, 2.24) is 29.9 Å². The summed E-state index contributed by atoms with van der Waals surface area (Å²) in [5.41, 5.74) is 27.0. The number of rotatable bonds is 2. The highest BCUT2D eigenvalue weighted by Gasteiger charge is 2.48. The van der Waals surface area contributed by atoms with Gasteiger partial charge in [-0.1, -0.05) is 91.9 Å². The molecule has 0 saturated heterocycles. The summed E-state index contributed by atoms with van der Waals surface area (Å²) in [5.74, 6) is -0.0888. The molecule has 12 bridgehead atoms. The van der Waals surface area contributed by atoms with Crippen LogP contribution in [0.3, 0.4) is 0 Å². The molecule has 4 aliphatic heterocycles. The molecule has 0 radical (unpaired) electrons. The van der Waals surface area contributed by atoms with E-state index in [-0.39, 0.29) is 5.92 Å². The fourth-order valence-electron chi connectivity index (χ4n) is 12.5. The number of aryl methyl sites for hydroxylation is 6. The summed E-state index contributed by atoms with van der Waals surface area (Å²) < 4.78 is 0. The van der Waals surface area contributed by atoms with Crippen molar-refractivity contribution in [3.05, 3.63) is 237 Å². The number of hydrogen-bond acceptors (Lipinski definition) is 6. The summed E-state index contributed by atoms with van der Waals surface area (Å²) in [7, 11) is 0. The van der Waals surface area contributed by atoms with Gasteiger partial charge in [-0.05, 0) is 181 Å². The van der Waals surface area contributed by atoms with Gasteiger partial charge in [0.2, 0.25) is 0 Å². The average Bonchev–Trinajstić information content (AvgIpc) is 3.71. The second kappa shape index (κ2) is 15.9. The van der Waals surface area contributed by atoms with Crippen LogP contribution in [0.15, 0.2) is 170 Å². The van der Waals surface area contributed by atoms with Crippen LogP contribution in [-0.4, -0.2) is 29.9 Å². The Balaban J connectivity index is 1.13. The number of aromatic nitrogens is 6. The monoisotopic (exact) mass is 938 g/mol. The Bertz CT molecular complexity index is 4070. The maximum Gasteiger partial charge on any atom is 0.0972 e. The first kappa shape index (κ1) is 43.1. The van der Waals surface area contributed by atoms with Crippen molar-refractivity contribution in [2.45, 2.75) is 59.8 Å². The quantitative estimate of drug-likeness (QED) is 0.161. The lowest BCUT2D eigenvalue weighted by Crippen LogP contribution is -2.31. The van der Waals surface area contributed by atoms with E-state index < -0.39 is 5.41 Å². The second-order valence-corrected chi connectivity index (χ2v) is 20.6. The largest absolute Gasteiger partial charge is 0.256 e. The Morgan fingerprint density at radius 3 is 1.23 bits per heavy atom.